The molecule has 0 aromatic carbocycles. The van der Waals surface area contributed by atoms with Crippen LogP contribution in [0.2, 0.25) is 0 Å². The van der Waals surface area contributed by atoms with Crippen LogP contribution in [-0.4, -0.2) is 30.5 Å². The van der Waals surface area contributed by atoms with Gasteiger partial charge in [-0.1, -0.05) is 0 Å². The maximum absolute atomic E-state index is 11.6. The third-order valence-corrected chi connectivity index (χ3v) is 4.46. The molecule has 1 aromatic rings. The summed E-state index contributed by atoms with van der Waals surface area (Å²) in [6.45, 7) is 0.607. The standard InChI is InChI=1S/C10H13BrN2O2S/c1-16(14,15)13-4-2-3-10(13)8-5-9(11)7-12-6-8/h5-7,10H,2-4H2,1H3. The second-order valence-corrected chi connectivity index (χ2v) is 6.82. The summed E-state index contributed by atoms with van der Waals surface area (Å²) >= 11 is 3.35. The highest BCUT2D eigenvalue weighted by molar-refractivity contribution is 9.10. The highest BCUT2D eigenvalue weighted by atomic mass is 79.9. The van der Waals surface area contributed by atoms with E-state index in [1.165, 1.54) is 6.26 Å². The van der Waals surface area contributed by atoms with Crippen molar-refractivity contribution in [3.05, 3.63) is 28.5 Å². The van der Waals surface area contributed by atoms with Crippen LogP contribution >= 0.6 is 15.9 Å². The smallest absolute Gasteiger partial charge is 0.211 e. The monoisotopic (exact) mass is 304 g/mol. The van der Waals surface area contributed by atoms with Crippen molar-refractivity contribution in [2.45, 2.75) is 18.9 Å². The van der Waals surface area contributed by atoms with Gasteiger partial charge in [-0.15, -0.1) is 0 Å². The number of halogens is 1. The molecule has 0 bridgehead atoms. The van der Waals surface area contributed by atoms with Crippen LogP contribution in [0.25, 0.3) is 0 Å². The third kappa shape index (κ3) is 2.44. The molecule has 1 aromatic heterocycles. The molecule has 1 aliphatic rings. The molecule has 16 heavy (non-hydrogen) atoms. The second kappa shape index (κ2) is 4.43. The van der Waals surface area contributed by atoms with Crippen LogP contribution in [0, 0.1) is 0 Å². The summed E-state index contributed by atoms with van der Waals surface area (Å²) < 4.78 is 25.6. The van der Waals surface area contributed by atoms with E-state index in [1.807, 2.05) is 6.07 Å². The lowest BCUT2D eigenvalue weighted by molar-refractivity contribution is 0.399. The topological polar surface area (TPSA) is 50.3 Å². The summed E-state index contributed by atoms with van der Waals surface area (Å²) in [7, 11) is -3.12. The van der Waals surface area contributed by atoms with Crippen LogP contribution in [0.4, 0.5) is 0 Å². The molecule has 1 saturated heterocycles. The molecule has 2 rings (SSSR count). The molecule has 1 atom stereocenters. The van der Waals surface area contributed by atoms with Crippen molar-refractivity contribution >= 4 is 26.0 Å². The van der Waals surface area contributed by atoms with Crippen LogP contribution in [0.15, 0.2) is 22.9 Å². The Labute approximate surface area is 104 Å². The normalized spacial score (nSPS) is 22.5. The number of aromatic nitrogens is 1. The third-order valence-electron chi connectivity index (χ3n) is 2.74. The van der Waals surface area contributed by atoms with E-state index in [1.54, 1.807) is 16.7 Å². The number of rotatable bonds is 2. The molecule has 88 valence electrons. The summed E-state index contributed by atoms with van der Waals surface area (Å²) in [6.07, 6.45) is 6.47. The summed E-state index contributed by atoms with van der Waals surface area (Å²) in [5.74, 6) is 0. The molecule has 0 saturated carbocycles. The Hall–Kier alpha value is -0.460. The molecule has 2 heterocycles. The minimum atomic E-state index is -3.12. The molecule has 1 unspecified atom stereocenters. The fourth-order valence-electron chi connectivity index (χ4n) is 2.08. The van der Waals surface area contributed by atoms with Crippen molar-refractivity contribution in [2.75, 3.05) is 12.8 Å². The average Bonchev–Trinajstić information content (AvgIpc) is 2.65. The minimum Gasteiger partial charge on any atom is -0.263 e. The van der Waals surface area contributed by atoms with Crippen LogP contribution in [0.3, 0.4) is 0 Å². The van der Waals surface area contributed by atoms with Gasteiger partial charge in [0.2, 0.25) is 10.0 Å². The predicted octanol–water partition coefficient (Wildman–Crippen LogP) is 1.94. The zero-order valence-electron chi connectivity index (χ0n) is 8.93. The van der Waals surface area contributed by atoms with Crippen molar-refractivity contribution in [3.63, 3.8) is 0 Å². The number of sulfonamides is 1. The van der Waals surface area contributed by atoms with Crippen molar-refractivity contribution in [1.82, 2.24) is 9.29 Å². The van der Waals surface area contributed by atoms with Gasteiger partial charge in [-0.05, 0) is 40.4 Å². The molecule has 0 amide bonds. The van der Waals surface area contributed by atoms with E-state index in [4.69, 9.17) is 0 Å². The highest BCUT2D eigenvalue weighted by Gasteiger charge is 2.32. The summed E-state index contributed by atoms with van der Waals surface area (Å²) in [4.78, 5) is 4.08. The molecule has 1 fully saturated rings. The molecule has 0 aliphatic carbocycles. The van der Waals surface area contributed by atoms with Gasteiger partial charge in [-0.2, -0.15) is 4.31 Å². The summed E-state index contributed by atoms with van der Waals surface area (Å²) in [5.41, 5.74) is 0.956. The van der Waals surface area contributed by atoms with E-state index >= 15 is 0 Å². The van der Waals surface area contributed by atoms with E-state index in [-0.39, 0.29) is 6.04 Å². The predicted molar refractivity (Wildman–Crippen MR) is 65.5 cm³/mol. The van der Waals surface area contributed by atoms with Crippen LogP contribution < -0.4 is 0 Å². The van der Waals surface area contributed by atoms with E-state index < -0.39 is 10.0 Å². The largest absolute Gasteiger partial charge is 0.263 e. The van der Waals surface area contributed by atoms with Gasteiger partial charge in [-0.25, -0.2) is 8.42 Å². The molecule has 0 N–H and O–H groups in total. The molecule has 0 radical (unpaired) electrons. The van der Waals surface area contributed by atoms with E-state index in [2.05, 4.69) is 20.9 Å². The fourth-order valence-corrected chi connectivity index (χ4v) is 3.61. The first-order valence-electron chi connectivity index (χ1n) is 5.06. The van der Waals surface area contributed by atoms with Crippen molar-refractivity contribution in [1.29, 1.82) is 0 Å². The quantitative estimate of drug-likeness (QED) is 0.839. The van der Waals surface area contributed by atoms with E-state index in [0.717, 1.165) is 22.9 Å². The zero-order chi connectivity index (χ0) is 11.8. The lowest BCUT2D eigenvalue weighted by atomic mass is 10.1. The van der Waals surface area contributed by atoms with Crippen LogP contribution in [0.5, 0.6) is 0 Å². The Morgan fingerprint density at radius 3 is 2.88 bits per heavy atom. The van der Waals surface area contributed by atoms with Gasteiger partial charge < -0.3 is 0 Å². The molecule has 0 spiro atoms. The minimum absolute atomic E-state index is 0.0556. The van der Waals surface area contributed by atoms with Crippen molar-refractivity contribution < 1.29 is 8.42 Å². The molecule has 1 aliphatic heterocycles. The Morgan fingerprint density at radius 2 is 2.25 bits per heavy atom. The van der Waals surface area contributed by atoms with Crippen molar-refractivity contribution in [2.24, 2.45) is 0 Å². The molecular weight excluding hydrogens is 292 g/mol. The second-order valence-electron chi connectivity index (χ2n) is 3.97. The number of pyridine rings is 1. The first kappa shape index (κ1) is 12.0. The number of hydrogen-bond acceptors (Lipinski definition) is 3. The van der Waals surface area contributed by atoms with Gasteiger partial charge in [-0.3, -0.25) is 4.98 Å². The number of nitrogens with zero attached hydrogens (tertiary/aromatic N) is 2. The SMILES string of the molecule is CS(=O)(=O)N1CCCC1c1cncc(Br)c1. The summed E-state index contributed by atoms with van der Waals surface area (Å²) in [5, 5.41) is 0. The lowest BCUT2D eigenvalue weighted by Gasteiger charge is -2.22. The maximum Gasteiger partial charge on any atom is 0.211 e. The highest BCUT2D eigenvalue weighted by Crippen LogP contribution is 2.34. The van der Waals surface area contributed by atoms with Gasteiger partial charge >= 0.3 is 0 Å². The van der Waals surface area contributed by atoms with Crippen LogP contribution in [-0.2, 0) is 10.0 Å². The first-order valence-corrected chi connectivity index (χ1v) is 7.70. The lowest BCUT2D eigenvalue weighted by Crippen LogP contribution is -2.29. The molecular formula is C10H13BrN2O2S. The first-order chi connectivity index (χ1) is 7.48. The Balaban J connectivity index is 2.34. The van der Waals surface area contributed by atoms with E-state index in [0.29, 0.717) is 6.54 Å². The Bertz CT molecular complexity index is 489. The van der Waals surface area contributed by atoms with E-state index in [9.17, 15) is 8.42 Å². The Kier molecular flexibility index (Phi) is 3.32. The van der Waals surface area contributed by atoms with Gasteiger partial charge in [0.15, 0.2) is 0 Å². The zero-order valence-corrected chi connectivity index (χ0v) is 11.3. The van der Waals surface area contributed by atoms with Crippen molar-refractivity contribution in [3.8, 4) is 0 Å². The van der Waals surface area contributed by atoms with Gasteiger partial charge in [0.1, 0.15) is 0 Å². The fraction of sp³-hybridized carbons (Fsp3) is 0.500. The molecule has 4 nitrogen and oxygen atoms in total. The maximum atomic E-state index is 11.6. The van der Waals surface area contributed by atoms with Crippen LogP contribution in [0.1, 0.15) is 24.4 Å². The number of hydrogen-bond donors (Lipinski definition) is 0. The summed E-state index contributed by atoms with van der Waals surface area (Å²) in [6, 6.07) is 1.88. The molecule has 6 heteroatoms. The van der Waals surface area contributed by atoms with Gasteiger partial charge in [0.25, 0.3) is 0 Å². The average molecular weight is 305 g/mol. The van der Waals surface area contributed by atoms with Gasteiger partial charge in [0, 0.05) is 23.4 Å². The Morgan fingerprint density at radius 1 is 1.50 bits per heavy atom. The van der Waals surface area contributed by atoms with Gasteiger partial charge in [0.05, 0.1) is 12.3 Å².